The van der Waals surface area contributed by atoms with Crippen LogP contribution in [0, 0.1) is 25.7 Å². The Morgan fingerprint density at radius 2 is 1.95 bits per heavy atom. The van der Waals surface area contributed by atoms with Crippen molar-refractivity contribution in [2.75, 3.05) is 13.1 Å². The molecule has 1 aliphatic rings. The van der Waals surface area contributed by atoms with E-state index in [0.29, 0.717) is 17.4 Å². The van der Waals surface area contributed by atoms with Gasteiger partial charge in [-0.2, -0.15) is 0 Å². The van der Waals surface area contributed by atoms with Gasteiger partial charge in [0, 0.05) is 24.3 Å². The molecule has 0 radical (unpaired) electrons. The molecule has 1 fully saturated rings. The summed E-state index contributed by atoms with van der Waals surface area (Å²) < 4.78 is 0. The summed E-state index contributed by atoms with van der Waals surface area (Å²) >= 11 is 0. The quantitative estimate of drug-likeness (QED) is 0.877. The van der Waals surface area contributed by atoms with E-state index in [0.717, 1.165) is 24.3 Å². The molecule has 0 aliphatic carbocycles. The Bertz CT molecular complexity index is 569. The summed E-state index contributed by atoms with van der Waals surface area (Å²) in [5.74, 6) is 1.06. The lowest BCUT2D eigenvalue weighted by molar-refractivity contribution is 0.146. The first kappa shape index (κ1) is 15.6. The van der Waals surface area contributed by atoms with Crippen LogP contribution >= 0.6 is 0 Å². The van der Waals surface area contributed by atoms with Crippen LogP contribution in [0.15, 0.2) is 10.9 Å². The van der Waals surface area contributed by atoms with E-state index in [1.807, 2.05) is 24.8 Å². The van der Waals surface area contributed by atoms with E-state index in [1.165, 1.54) is 6.42 Å². The van der Waals surface area contributed by atoms with E-state index in [2.05, 4.69) is 24.1 Å². The van der Waals surface area contributed by atoms with Gasteiger partial charge in [0.15, 0.2) is 0 Å². The number of nitrogens with one attached hydrogen (secondary N) is 2. The van der Waals surface area contributed by atoms with E-state index in [1.54, 1.807) is 0 Å². The highest BCUT2D eigenvalue weighted by Gasteiger charge is 2.25. The fraction of sp³-hybridized carbons (Fsp3) is 0.625. The second kappa shape index (κ2) is 6.33. The Kier molecular flexibility index (Phi) is 4.70. The van der Waals surface area contributed by atoms with Crippen LogP contribution in [-0.2, 0) is 6.54 Å². The number of H-pyrrole nitrogens is 1. The maximum Gasteiger partial charge on any atom is 0.317 e. The van der Waals surface area contributed by atoms with E-state index < -0.39 is 0 Å². The molecule has 0 aromatic carbocycles. The number of hydrogen-bond acceptors (Lipinski definition) is 2. The molecule has 5 heteroatoms. The number of carbonyl (C=O) groups excluding carboxylic acids is 1. The van der Waals surface area contributed by atoms with Gasteiger partial charge in [-0.05, 0) is 43.7 Å². The fourth-order valence-electron chi connectivity index (χ4n) is 3.21. The van der Waals surface area contributed by atoms with Gasteiger partial charge in [0.2, 0.25) is 0 Å². The molecule has 1 aromatic rings. The van der Waals surface area contributed by atoms with Gasteiger partial charge < -0.3 is 15.2 Å². The van der Waals surface area contributed by atoms with Crippen LogP contribution in [0.3, 0.4) is 0 Å². The second-order valence-electron chi connectivity index (χ2n) is 6.45. The topological polar surface area (TPSA) is 65.2 Å². The van der Waals surface area contributed by atoms with Crippen molar-refractivity contribution in [2.24, 2.45) is 11.8 Å². The van der Waals surface area contributed by atoms with Crippen LogP contribution in [-0.4, -0.2) is 29.0 Å². The van der Waals surface area contributed by atoms with Crippen molar-refractivity contribution in [3.8, 4) is 0 Å². The normalized spacial score (nSPS) is 22.2. The summed E-state index contributed by atoms with van der Waals surface area (Å²) in [5, 5.41) is 2.88. The zero-order valence-corrected chi connectivity index (χ0v) is 13.3. The molecule has 2 rings (SSSR count). The number of amides is 2. The van der Waals surface area contributed by atoms with Gasteiger partial charge in [0.25, 0.3) is 5.56 Å². The van der Waals surface area contributed by atoms with Gasteiger partial charge in [-0.1, -0.05) is 13.8 Å². The number of likely N-dealkylation sites (tertiary alicyclic amines) is 1. The van der Waals surface area contributed by atoms with Crippen molar-refractivity contribution in [3.05, 3.63) is 33.2 Å². The lowest BCUT2D eigenvalue weighted by atomic mass is 9.92. The van der Waals surface area contributed by atoms with Gasteiger partial charge in [-0.25, -0.2) is 4.79 Å². The molecule has 1 aliphatic heterocycles. The third-order valence-electron chi connectivity index (χ3n) is 4.07. The molecule has 2 heterocycles. The number of piperidine rings is 1. The van der Waals surface area contributed by atoms with Crippen molar-refractivity contribution in [1.29, 1.82) is 0 Å². The molecular formula is C16H25N3O2. The number of nitrogens with zero attached hydrogens (tertiary/aromatic N) is 1. The molecule has 21 heavy (non-hydrogen) atoms. The van der Waals surface area contributed by atoms with Crippen molar-refractivity contribution >= 4 is 6.03 Å². The smallest absolute Gasteiger partial charge is 0.317 e. The van der Waals surface area contributed by atoms with Crippen molar-refractivity contribution in [2.45, 2.75) is 40.7 Å². The first-order valence-electron chi connectivity index (χ1n) is 7.59. The minimum atomic E-state index is -0.117. The zero-order chi connectivity index (χ0) is 15.6. The Hall–Kier alpha value is -1.78. The van der Waals surface area contributed by atoms with Crippen LogP contribution < -0.4 is 10.9 Å². The zero-order valence-electron chi connectivity index (χ0n) is 13.3. The number of aromatic amines is 1. The first-order valence-corrected chi connectivity index (χ1v) is 7.59. The van der Waals surface area contributed by atoms with Gasteiger partial charge in [-0.3, -0.25) is 4.79 Å². The predicted molar refractivity (Wildman–Crippen MR) is 83.3 cm³/mol. The van der Waals surface area contributed by atoms with E-state index >= 15 is 0 Å². The first-order chi connectivity index (χ1) is 9.86. The maximum absolute atomic E-state index is 12.3. The number of aryl methyl sites for hydroxylation is 2. The number of rotatable bonds is 2. The molecule has 2 amide bonds. The molecule has 1 aromatic heterocycles. The molecule has 0 bridgehead atoms. The SMILES string of the molecule is Cc1cc(C)c(CNC(=O)N2CC(C)CC(C)C2)c(=O)[nH]1. The molecule has 2 unspecified atom stereocenters. The average Bonchev–Trinajstić information content (AvgIpc) is 2.35. The van der Waals surface area contributed by atoms with Crippen LogP contribution in [0.1, 0.15) is 37.1 Å². The Balaban J connectivity index is 2.00. The summed E-state index contributed by atoms with van der Waals surface area (Å²) in [6.45, 7) is 9.95. The lowest BCUT2D eigenvalue weighted by Gasteiger charge is -2.34. The largest absolute Gasteiger partial charge is 0.334 e. The molecule has 116 valence electrons. The summed E-state index contributed by atoms with van der Waals surface area (Å²) in [5.41, 5.74) is 2.27. The van der Waals surface area contributed by atoms with Gasteiger partial charge in [0.1, 0.15) is 0 Å². The van der Waals surface area contributed by atoms with E-state index in [-0.39, 0.29) is 18.1 Å². The second-order valence-corrected chi connectivity index (χ2v) is 6.45. The summed E-state index contributed by atoms with van der Waals surface area (Å²) in [7, 11) is 0. The molecule has 0 spiro atoms. The van der Waals surface area contributed by atoms with Crippen LogP contribution in [0.2, 0.25) is 0 Å². The molecule has 5 nitrogen and oxygen atoms in total. The summed E-state index contributed by atoms with van der Waals surface area (Å²) in [6, 6.07) is 1.85. The summed E-state index contributed by atoms with van der Waals surface area (Å²) in [6.07, 6.45) is 1.17. The standard InChI is InChI=1S/C16H25N3O2/c1-10-5-11(2)9-19(8-10)16(21)17-7-14-12(3)6-13(4)18-15(14)20/h6,10-11H,5,7-9H2,1-4H3,(H,17,21)(H,18,20). The van der Waals surface area contributed by atoms with Crippen LogP contribution in [0.5, 0.6) is 0 Å². The minimum Gasteiger partial charge on any atom is -0.334 e. The lowest BCUT2D eigenvalue weighted by Crippen LogP contribution is -2.47. The van der Waals surface area contributed by atoms with Crippen LogP contribution in [0.25, 0.3) is 0 Å². The highest BCUT2D eigenvalue weighted by Crippen LogP contribution is 2.20. The number of pyridine rings is 1. The fourth-order valence-corrected chi connectivity index (χ4v) is 3.21. The predicted octanol–water partition coefficient (Wildman–Crippen LogP) is 2.18. The van der Waals surface area contributed by atoms with E-state index in [4.69, 9.17) is 0 Å². The van der Waals surface area contributed by atoms with Crippen molar-refractivity contribution in [1.82, 2.24) is 15.2 Å². The minimum absolute atomic E-state index is 0.0761. The Morgan fingerprint density at radius 1 is 1.33 bits per heavy atom. The third kappa shape index (κ3) is 3.86. The molecule has 2 atom stereocenters. The average molecular weight is 291 g/mol. The van der Waals surface area contributed by atoms with Crippen molar-refractivity contribution < 1.29 is 4.79 Å². The van der Waals surface area contributed by atoms with Gasteiger partial charge >= 0.3 is 6.03 Å². The Labute approximate surface area is 125 Å². The van der Waals surface area contributed by atoms with Crippen molar-refractivity contribution in [3.63, 3.8) is 0 Å². The van der Waals surface area contributed by atoms with E-state index in [9.17, 15) is 9.59 Å². The number of urea groups is 1. The maximum atomic E-state index is 12.3. The molecule has 0 saturated carbocycles. The molecule has 1 saturated heterocycles. The number of hydrogen-bond donors (Lipinski definition) is 2. The highest BCUT2D eigenvalue weighted by atomic mass is 16.2. The monoisotopic (exact) mass is 291 g/mol. The highest BCUT2D eigenvalue weighted by molar-refractivity contribution is 5.74. The molecule has 2 N–H and O–H groups in total. The number of aromatic nitrogens is 1. The Morgan fingerprint density at radius 3 is 2.52 bits per heavy atom. The third-order valence-corrected chi connectivity index (χ3v) is 4.07. The summed E-state index contributed by atoms with van der Waals surface area (Å²) in [4.78, 5) is 28.8. The van der Waals surface area contributed by atoms with Gasteiger partial charge in [0.05, 0.1) is 6.54 Å². The molecular weight excluding hydrogens is 266 g/mol. The van der Waals surface area contributed by atoms with Crippen LogP contribution in [0.4, 0.5) is 4.79 Å². The van der Waals surface area contributed by atoms with Gasteiger partial charge in [-0.15, -0.1) is 0 Å². The number of carbonyl (C=O) groups is 1.